The molecule has 30 heavy (non-hydrogen) atoms. The molecule has 0 aliphatic rings. The number of unbranched alkanes of at least 4 members (excludes halogenated alkanes) is 20. The van der Waals surface area contributed by atoms with E-state index in [1.807, 2.05) is 0 Å². The summed E-state index contributed by atoms with van der Waals surface area (Å²) in [7, 11) is 0. The Kier molecular flexibility index (Phi) is 32.4. The Bertz CT molecular complexity index is 299. The molecule has 0 amide bonds. The lowest BCUT2D eigenvalue weighted by molar-refractivity contribution is -0.141. The molecule has 0 radical (unpaired) electrons. The van der Waals surface area contributed by atoms with E-state index in [-0.39, 0.29) is 5.97 Å². The summed E-state index contributed by atoms with van der Waals surface area (Å²) in [6.07, 6.45) is 30.5. The molecule has 0 heterocycles. The number of ether oxygens (including phenoxy) is 1. The predicted molar refractivity (Wildman–Crippen MR) is 135 cm³/mol. The van der Waals surface area contributed by atoms with Crippen molar-refractivity contribution in [3.8, 4) is 0 Å². The molecule has 2 heteroatoms. The van der Waals surface area contributed by atoms with Gasteiger partial charge in [0.2, 0.25) is 0 Å². The van der Waals surface area contributed by atoms with Gasteiger partial charge in [0.1, 0.15) is 0 Å². The Morgan fingerprint density at radius 1 is 0.433 bits per heavy atom. The Balaban J connectivity index is 0. The summed E-state index contributed by atoms with van der Waals surface area (Å²) in [5.74, 6) is -0.150. The highest BCUT2D eigenvalue weighted by Crippen LogP contribution is 2.14. The second-order valence-corrected chi connectivity index (χ2v) is 9.06. The Morgan fingerprint density at radius 2 is 0.700 bits per heavy atom. The van der Waals surface area contributed by atoms with Gasteiger partial charge in [-0.1, -0.05) is 156 Å². The van der Waals surface area contributed by atoms with E-state index in [1.54, 1.807) is 0 Å². The lowest BCUT2D eigenvalue weighted by atomic mass is 10.0. The highest BCUT2D eigenvalue weighted by molar-refractivity contribution is 5.65. The van der Waals surface area contributed by atoms with Gasteiger partial charge in [-0.3, -0.25) is 4.79 Å². The third-order valence-electron chi connectivity index (χ3n) is 5.80. The van der Waals surface area contributed by atoms with Crippen LogP contribution in [0.4, 0.5) is 0 Å². The molecule has 0 aromatic heterocycles. The predicted octanol–water partition coefficient (Wildman–Crippen LogP) is 10.2. The highest BCUT2D eigenvalue weighted by Gasteiger charge is 1.96. The van der Waals surface area contributed by atoms with Crippen molar-refractivity contribution >= 4 is 5.97 Å². The third kappa shape index (κ3) is 34.9. The molecule has 0 fully saturated rings. The van der Waals surface area contributed by atoms with Crippen LogP contribution >= 0.6 is 0 Å². The van der Waals surface area contributed by atoms with Crippen LogP contribution < -0.4 is 0 Å². The standard InChI is InChI=1S/C24H48O2.C4H10/c1-3-4-5-6-7-8-9-10-11-12-13-14-15-16-17-18-19-20-21-22-23-26-24(2)25;1-3-4-2/h3-23H2,1-2H3;3-4H2,1-2H3. The van der Waals surface area contributed by atoms with E-state index in [0.717, 1.165) is 6.42 Å². The Hall–Kier alpha value is -0.530. The number of hydrogen-bond acceptors (Lipinski definition) is 2. The van der Waals surface area contributed by atoms with Crippen molar-refractivity contribution in [2.75, 3.05) is 6.61 Å². The van der Waals surface area contributed by atoms with Gasteiger partial charge in [0, 0.05) is 6.92 Å². The van der Waals surface area contributed by atoms with Gasteiger partial charge in [-0.05, 0) is 6.42 Å². The second-order valence-electron chi connectivity index (χ2n) is 9.06. The maximum absolute atomic E-state index is 10.6. The summed E-state index contributed by atoms with van der Waals surface area (Å²) < 4.78 is 4.94. The maximum Gasteiger partial charge on any atom is 0.302 e. The minimum absolute atomic E-state index is 0.150. The number of esters is 1. The van der Waals surface area contributed by atoms with E-state index >= 15 is 0 Å². The van der Waals surface area contributed by atoms with Crippen LogP contribution in [0.5, 0.6) is 0 Å². The first kappa shape index (κ1) is 31.7. The Morgan fingerprint density at radius 3 is 0.933 bits per heavy atom. The van der Waals surface area contributed by atoms with Gasteiger partial charge < -0.3 is 4.74 Å². The number of hydrogen-bond donors (Lipinski definition) is 0. The van der Waals surface area contributed by atoms with Crippen molar-refractivity contribution < 1.29 is 9.53 Å². The van der Waals surface area contributed by atoms with Crippen LogP contribution in [-0.2, 0) is 9.53 Å². The molecule has 0 bridgehead atoms. The molecule has 0 rings (SSSR count). The summed E-state index contributed by atoms with van der Waals surface area (Å²) in [5, 5.41) is 0. The van der Waals surface area contributed by atoms with Crippen LogP contribution in [0.15, 0.2) is 0 Å². The summed E-state index contributed by atoms with van der Waals surface area (Å²) >= 11 is 0. The highest BCUT2D eigenvalue weighted by atomic mass is 16.5. The first-order valence-corrected chi connectivity index (χ1v) is 13.8. The maximum atomic E-state index is 10.6. The monoisotopic (exact) mass is 426 g/mol. The van der Waals surface area contributed by atoms with Gasteiger partial charge in [0.15, 0.2) is 0 Å². The average Bonchev–Trinajstić information content (AvgIpc) is 2.74. The molecule has 0 saturated carbocycles. The number of rotatable bonds is 22. The van der Waals surface area contributed by atoms with Crippen molar-refractivity contribution in [2.24, 2.45) is 0 Å². The summed E-state index contributed by atoms with van der Waals surface area (Å²) in [4.78, 5) is 10.6. The summed E-state index contributed by atoms with van der Waals surface area (Å²) in [6.45, 7) is 8.74. The second kappa shape index (κ2) is 30.7. The lowest BCUT2D eigenvalue weighted by Gasteiger charge is -2.04. The molecule has 0 aliphatic carbocycles. The molecule has 0 aromatic rings. The molecule has 0 saturated heterocycles. The van der Waals surface area contributed by atoms with Crippen molar-refractivity contribution in [2.45, 2.75) is 169 Å². The van der Waals surface area contributed by atoms with Crippen LogP contribution in [0.2, 0.25) is 0 Å². The molecule has 0 unspecified atom stereocenters. The molecular formula is C28H58O2. The molecule has 0 spiro atoms. The van der Waals surface area contributed by atoms with Gasteiger partial charge in [0.25, 0.3) is 0 Å². The van der Waals surface area contributed by atoms with Crippen LogP contribution in [0.3, 0.4) is 0 Å². The Labute approximate surface area is 191 Å². The van der Waals surface area contributed by atoms with E-state index in [1.165, 1.54) is 142 Å². The summed E-state index contributed by atoms with van der Waals surface area (Å²) in [6, 6.07) is 0. The molecule has 2 nitrogen and oxygen atoms in total. The van der Waals surface area contributed by atoms with Crippen molar-refractivity contribution in [1.82, 2.24) is 0 Å². The van der Waals surface area contributed by atoms with E-state index in [4.69, 9.17) is 4.74 Å². The summed E-state index contributed by atoms with van der Waals surface area (Å²) in [5.41, 5.74) is 0. The van der Waals surface area contributed by atoms with Gasteiger partial charge in [-0.25, -0.2) is 0 Å². The SMILES string of the molecule is CCCC.CCCCCCCCCCCCCCCCCCCCCCOC(C)=O. The van der Waals surface area contributed by atoms with Gasteiger partial charge in [-0.2, -0.15) is 0 Å². The average molecular weight is 427 g/mol. The smallest absolute Gasteiger partial charge is 0.302 e. The van der Waals surface area contributed by atoms with Gasteiger partial charge >= 0.3 is 5.97 Å². The first-order valence-electron chi connectivity index (χ1n) is 13.8. The normalized spacial score (nSPS) is 10.5. The van der Waals surface area contributed by atoms with Gasteiger partial charge in [-0.15, -0.1) is 0 Å². The van der Waals surface area contributed by atoms with E-state index in [2.05, 4.69) is 20.8 Å². The fourth-order valence-electron chi connectivity index (χ4n) is 3.57. The van der Waals surface area contributed by atoms with Crippen LogP contribution in [0, 0.1) is 0 Å². The fraction of sp³-hybridized carbons (Fsp3) is 0.964. The zero-order chi connectivity index (χ0) is 22.5. The fourth-order valence-corrected chi connectivity index (χ4v) is 3.57. The molecular weight excluding hydrogens is 368 g/mol. The van der Waals surface area contributed by atoms with E-state index < -0.39 is 0 Å². The molecule has 0 N–H and O–H groups in total. The van der Waals surface area contributed by atoms with Crippen LogP contribution in [0.25, 0.3) is 0 Å². The van der Waals surface area contributed by atoms with Crippen LogP contribution in [0.1, 0.15) is 169 Å². The zero-order valence-electron chi connectivity index (χ0n) is 21.6. The quantitative estimate of drug-likeness (QED) is 0.127. The van der Waals surface area contributed by atoms with E-state index in [9.17, 15) is 4.79 Å². The minimum Gasteiger partial charge on any atom is -0.466 e. The van der Waals surface area contributed by atoms with Crippen LogP contribution in [-0.4, -0.2) is 12.6 Å². The molecule has 0 aromatic carbocycles. The number of carbonyl (C=O) groups excluding carboxylic acids is 1. The van der Waals surface area contributed by atoms with Crippen molar-refractivity contribution in [3.63, 3.8) is 0 Å². The molecule has 0 aliphatic heterocycles. The first-order chi connectivity index (χ1) is 14.7. The molecule has 182 valence electrons. The largest absolute Gasteiger partial charge is 0.466 e. The van der Waals surface area contributed by atoms with Crippen molar-refractivity contribution in [3.05, 3.63) is 0 Å². The minimum atomic E-state index is -0.150. The lowest BCUT2D eigenvalue weighted by Crippen LogP contribution is -2.00. The topological polar surface area (TPSA) is 26.3 Å². The zero-order valence-corrected chi connectivity index (χ0v) is 21.6. The number of carbonyl (C=O) groups is 1. The van der Waals surface area contributed by atoms with Crippen molar-refractivity contribution in [1.29, 1.82) is 0 Å². The van der Waals surface area contributed by atoms with Gasteiger partial charge in [0.05, 0.1) is 6.61 Å². The third-order valence-corrected chi connectivity index (χ3v) is 5.80. The molecule has 0 atom stereocenters. The van der Waals surface area contributed by atoms with E-state index in [0.29, 0.717) is 6.61 Å².